The van der Waals surface area contributed by atoms with Gasteiger partial charge in [-0.1, -0.05) is 41.4 Å². The number of anilines is 1. The molecule has 0 amide bonds. The summed E-state index contributed by atoms with van der Waals surface area (Å²) >= 11 is 3.54. The van der Waals surface area contributed by atoms with Crippen molar-refractivity contribution in [3.8, 4) is 11.5 Å². The van der Waals surface area contributed by atoms with E-state index in [4.69, 9.17) is 4.74 Å². The van der Waals surface area contributed by atoms with Gasteiger partial charge in [-0.3, -0.25) is 0 Å². The summed E-state index contributed by atoms with van der Waals surface area (Å²) in [5, 5.41) is 14.1. The van der Waals surface area contributed by atoms with Gasteiger partial charge in [0.15, 0.2) is 0 Å². The standard InChI is InChI=1S/C22H24BrNO2/c1-2-3-11-26-15-8-9-20-18(13-15)16-5-4-6-17(16)22(24-20)19-12-14(23)7-10-21(19)25/h4-5,7-10,12-13,16-17,22,24-25H,2-3,6,11H2,1H3. The fourth-order valence-corrected chi connectivity index (χ4v) is 4.46. The highest BCUT2D eigenvalue weighted by molar-refractivity contribution is 9.10. The predicted molar refractivity (Wildman–Crippen MR) is 109 cm³/mol. The van der Waals surface area contributed by atoms with Crippen LogP contribution in [0.5, 0.6) is 11.5 Å². The zero-order valence-electron chi connectivity index (χ0n) is 14.9. The van der Waals surface area contributed by atoms with E-state index in [1.54, 1.807) is 6.07 Å². The molecular formula is C22H24BrNO2. The molecule has 1 aliphatic heterocycles. The molecule has 136 valence electrons. The highest BCUT2D eigenvalue weighted by Crippen LogP contribution is 2.51. The molecule has 0 fully saturated rings. The molecule has 0 bridgehead atoms. The number of hydrogen-bond acceptors (Lipinski definition) is 3. The van der Waals surface area contributed by atoms with Crippen molar-refractivity contribution in [3.05, 3.63) is 64.1 Å². The van der Waals surface area contributed by atoms with Gasteiger partial charge < -0.3 is 15.2 Å². The van der Waals surface area contributed by atoms with E-state index in [1.807, 2.05) is 18.2 Å². The second kappa shape index (κ2) is 7.36. The lowest BCUT2D eigenvalue weighted by Gasteiger charge is -2.38. The number of hydrogen-bond donors (Lipinski definition) is 2. The largest absolute Gasteiger partial charge is 0.508 e. The van der Waals surface area contributed by atoms with Crippen molar-refractivity contribution >= 4 is 21.6 Å². The highest BCUT2D eigenvalue weighted by Gasteiger charge is 2.39. The van der Waals surface area contributed by atoms with Crippen molar-refractivity contribution in [3.63, 3.8) is 0 Å². The molecule has 4 heteroatoms. The second-order valence-corrected chi connectivity index (χ2v) is 8.05. The van der Waals surface area contributed by atoms with Gasteiger partial charge >= 0.3 is 0 Å². The van der Waals surface area contributed by atoms with E-state index in [0.29, 0.717) is 17.6 Å². The third-order valence-electron chi connectivity index (χ3n) is 5.43. The van der Waals surface area contributed by atoms with Gasteiger partial charge in [-0.05, 0) is 60.7 Å². The molecule has 2 aromatic carbocycles. The summed E-state index contributed by atoms with van der Waals surface area (Å²) in [6, 6.07) is 12.1. The van der Waals surface area contributed by atoms with Crippen molar-refractivity contribution in [1.82, 2.24) is 0 Å². The Bertz CT molecular complexity index is 833. The lowest BCUT2D eigenvalue weighted by molar-refractivity contribution is 0.308. The third kappa shape index (κ3) is 3.23. The number of halogens is 1. The van der Waals surface area contributed by atoms with Crippen molar-refractivity contribution in [2.75, 3.05) is 11.9 Å². The average Bonchev–Trinajstić information content (AvgIpc) is 3.14. The Kier molecular flexibility index (Phi) is 4.94. The monoisotopic (exact) mass is 413 g/mol. The number of allylic oxidation sites excluding steroid dienone is 2. The SMILES string of the molecule is CCCCOc1ccc2c(c1)C1C=CCC1C(c1cc(Br)ccc1O)N2. The van der Waals surface area contributed by atoms with Crippen molar-refractivity contribution < 1.29 is 9.84 Å². The molecule has 0 saturated heterocycles. The van der Waals surface area contributed by atoms with E-state index in [9.17, 15) is 5.11 Å². The van der Waals surface area contributed by atoms with Crippen LogP contribution < -0.4 is 10.1 Å². The molecule has 2 N–H and O–H groups in total. The van der Waals surface area contributed by atoms with Crippen molar-refractivity contribution in [2.24, 2.45) is 5.92 Å². The number of ether oxygens (including phenoxy) is 1. The van der Waals surface area contributed by atoms with E-state index in [2.05, 4.69) is 52.5 Å². The molecule has 0 spiro atoms. The summed E-state index contributed by atoms with van der Waals surface area (Å²) in [4.78, 5) is 0. The topological polar surface area (TPSA) is 41.5 Å². The van der Waals surface area contributed by atoms with Crippen LogP contribution in [0.4, 0.5) is 5.69 Å². The Hall–Kier alpha value is -1.94. The van der Waals surface area contributed by atoms with Gasteiger partial charge in [-0.25, -0.2) is 0 Å². The molecule has 1 heterocycles. The summed E-state index contributed by atoms with van der Waals surface area (Å²) in [6.07, 6.45) is 7.79. The summed E-state index contributed by atoms with van der Waals surface area (Å²) in [7, 11) is 0. The van der Waals surface area contributed by atoms with Crippen LogP contribution in [0.25, 0.3) is 0 Å². The molecule has 4 rings (SSSR count). The zero-order chi connectivity index (χ0) is 18.1. The van der Waals surface area contributed by atoms with E-state index in [1.165, 1.54) is 5.56 Å². The van der Waals surface area contributed by atoms with Crippen LogP contribution in [0, 0.1) is 5.92 Å². The summed E-state index contributed by atoms with van der Waals surface area (Å²) < 4.78 is 6.90. The van der Waals surface area contributed by atoms with Gasteiger partial charge in [0.05, 0.1) is 12.6 Å². The Morgan fingerprint density at radius 2 is 2.08 bits per heavy atom. The van der Waals surface area contributed by atoms with E-state index < -0.39 is 0 Å². The van der Waals surface area contributed by atoms with Gasteiger partial charge in [0.1, 0.15) is 11.5 Å². The predicted octanol–water partition coefficient (Wildman–Crippen LogP) is 6.16. The van der Waals surface area contributed by atoms with E-state index >= 15 is 0 Å². The fourth-order valence-electron chi connectivity index (χ4n) is 4.08. The zero-order valence-corrected chi connectivity index (χ0v) is 16.5. The normalized spacial score (nSPS) is 23.2. The highest BCUT2D eigenvalue weighted by atomic mass is 79.9. The molecule has 2 aromatic rings. The molecule has 0 radical (unpaired) electrons. The lowest BCUT2D eigenvalue weighted by Crippen LogP contribution is -2.29. The Labute approximate surface area is 163 Å². The molecular weight excluding hydrogens is 390 g/mol. The number of phenolic OH excluding ortho intramolecular Hbond substituents is 1. The van der Waals surface area contributed by atoms with Crippen LogP contribution in [0.3, 0.4) is 0 Å². The van der Waals surface area contributed by atoms with Gasteiger partial charge in [-0.15, -0.1) is 0 Å². The van der Waals surface area contributed by atoms with Crippen LogP contribution in [-0.4, -0.2) is 11.7 Å². The second-order valence-electron chi connectivity index (χ2n) is 7.13. The fraction of sp³-hybridized carbons (Fsp3) is 0.364. The Morgan fingerprint density at radius 3 is 2.92 bits per heavy atom. The number of phenols is 1. The average molecular weight is 414 g/mol. The maximum absolute atomic E-state index is 10.4. The number of fused-ring (bicyclic) bond motifs is 3. The first-order valence-corrected chi connectivity index (χ1v) is 10.1. The molecule has 1 aliphatic carbocycles. The molecule has 3 atom stereocenters. The number of aromatic hydroxyl groups is 1. The van der Waals surface area contributed by atoms with Crippen LogP contribution in [0.2, 0.25) is 0 Å². The van der Waals surface area contributed by atoms with Crippen LogP contribution in [0.1, 0.15) is 49.3 Å². The first-order valence-electron chi connectivity index (χ1n) is 9.35. The summed E-state index contributed by atoms with van der Waals surface area (Å²) in [5.74, 6) is 2.04. The minimum atomic E-state index is 0.0897. The maximum Gasteiger partial charge on any atom is 0.120 e. The van der Waals surface area contributed by atoms with E-state index in [-0.39, 0.29) is 6.04 Å². The van der Waals surface area contributed by atoms with Crippen molar-refractivity contribution in [2.45, 2.75) is 38.1 Å². The summed E-state index contributed by atoms with van der Waals surface area (Å²) in [6.45, 7) is 2.94. The maximum atomic E-state index is 10.4. The minimum Gasteiger partial charge on any atom is -0.508 e. The molecule has 0 aromatic heterocycles. The molecule has 26 heavy (non-hydrogen) atoms. The number of benzene rings is 2. The van der Waals surface area contributed by atoms with Crippen LogP contribution in [-0.2, 0) is 0 Å². The number of nitrogens with one attached hydrogen (secondary N) is 1. The lowest BCUT2D eigenvalue weighted by atomic mass is 9.77. The summed E-state index contributed by atoms with van der Waals surface area (Å²) in [5.41, 5.74) is 3.38. The van der Waals surface area contributed by atoms with Crippen LogP contribution in [0.15, 0.2) is 53.0 Å². The quantitative estimate of drug-likeness (QED) is 0.455. The smallest absolute Gasteiger partial charge is 0.120 e. The van der Waals surface area contributed by atoms with Crippen molar-refractivity contribution in [1.29, 1.82) is 0 Å². The molecule has 3 nitrogen and oxygen atoms in total. The first-order chi connectivity index (χ1) is 12.7. The Balaban J connectivity index is 1.67. The third-order valence-corrected chi connectivity index (χ3v) is 5.92. The van der Waals surface area contributed by atoms with Gasteiger partial charge in [0, 0.05) is 21.6 Å². The number of rotatable bonds is 5. The number of unbranched alkanes of at least 4 members (excludes halogenated alkanes) is 1. The van der Waals surface area contributed by atoms with Gasteiger partial charge in [0.2, 0.25) is 0 Å². The van der Waals surface area contributed by atoms with Gasteiger partial charge in [0.25, 0.3) is 0 Å². The first kappa shape index (κ1) is 17.5. The van der Waals surface area contributed by atoms with Gasteiger partial charge in [-0.2, -0.15) is 0 Å². The molecule has 2 aliphatic rings. The van der Waals surface area contributed by atoms with Crippen LogP contribution >= 0.6 is 15.9 Å². The molecule has 0 saturated carbocycles. The van der Waals surface area contributed by atoms with E-state index in [0.717, 1.165) is 47.3 Å². The minimum absolute atomic E-state index is 0.0897. The Morgan fingerprint density at radius 1 is 1.19 bits per heavy atom. The molecule has 3 unspecified atom stereocenters.